The third kappa shape index (κ3) is 7.14. The molecule has 0 spiro atoms. The van der Waals surface area contributed by atoms with Gasteiger partial charge in [-0.3, -0.25) is 14.6 Å². The van der Waals surface area contributed by atoms with E-state index in [0.717, 1.165) is 143 Å². The lowest BCUT2D eigenvalue weighted by Gasteiger charge is -2.43. The topological polar surface area (TPSA) is 88.4 Å². The second kappa shape index (κ2) is 15.4. The van der Waals surface area contributed by atoms with Crippen LogP contribution in [0.25, 0.3) is 17.0 Å². The van der Waals surface area contributed by atoms with Crippen LogP contribution in [0.15, 0.2) is 72.9 Å². The van der Waals surface area contributed by atoms with Crippen molar-refractivity contribution >= 4 is 23.2 Å². The van der Waals surface area contributed by atoms with Crippen molar-refractivity contribution in [3.8, 4) is 11.4 Å². The number of carbonyl (C=O) groups is 1. The van der Waals surface area contributed by atoms with E-state index in [-0.39, 0.29) is 35.2 Å². The molecule has 2 atom stereocenters. The van der Waals surface area contributed by atoms with Crippen LogP contribution in [0.2, 0.25) is 0 Å². The Kier molecular flexibility index (Phi) is 9.83. The van der Waals surface area contributed by atoms with E-state index < -0.39 is 0 Å². The Balaban J connectivity index is 0.752. The first-order valence-electron chi connectivity index (χ1n) is 20.8. The minimum absolute atomic E-state index is 0.0797. The van der Waals surface area contributed by atoms with Gasteiger partial charge in [0.2, 0.25) is 0 Å². The maximum Gasteiger partial charge on any atom is 0.257 e. The third-order valence-electron chi connectivity index (χ3n) is 13.0. The Morgan fingerprint density at radius 3 is 2.47 bits per heavy atom. The van der Waals surface area contributed by atoms with Crippen LogP contribution in [0.4, 0.5) is 20.4 Å². The van der Waals surface area contributed by atoms with Gasteiger partial charge < -0.3 is 20.0 Å². The highest BCUT2D eigenvalue weighted by molar-refractivity contribution is 5.99. The molecule has 4 fully saturated rings. The van der Waals surface area contributed by atoms with E-state index in [2.05, 4.69) is 48.1 Å². The number of piperazine rings is 1. The molecule has 57 heavy (non-hydrogen) atoms. The molecule has 13 heteroatoms. The van der Waals surface area contributed by atoms with E-state index in [9.17, 15) is 9.18 Å². The number of aromatic nitrogens is 4. The fraction of sp³-hybridized carbons (Fsp3) is 0.455. The minimum atomic E-state index is -0.370. The zero-order valence-electron chi connectivity index (χ0n) is 32.4. The average molecular weight is 773 g/mol. The van der Waals surface area contributed by atoms with E-state index in [1.54, 1.807) is 18.2 Å². The fourth-order valence-corrected chi connectivity index (χ4v) is 10.0. The summed E-state index contributed by atoms with van der Waals surface area (Å²) in [5, 5.41) is 8.44. The Morgan fingerprint density at radius 1 is 0.789 bits per heavy atom. The number of carbonyl (C=O) groups excluding carboxylic acids is 1. The Hall–Kier alpha value is -4.98. The molecule has 0 aliphatic carbocycles. The normalized spacial score (nSPS) is 22.6. The average Bonchev–Trinajstić information content (AvgIpc) is 3.99. The van der Waals surface area contributed by atoms with Gasteiger partial charge in [-0.1, -0.05) is 24.3 Å². The van der Waals surface area contributed by atoms with E-state index in [1.165, 1.54) is 6.07 Å². The monoisotopic (exact) mass is 772 g/mol. The quantitative estimate of drug-likeness (QED) is 0.207. The van der Waals surface area contributed by atoms with Crippen molar-refractivity contribution < 1.29 is 13.6 Å². The molecule has 0 saturated carbocycles. The standard InChI is InChI=1S/C44H50F2N10O/c45-33-6-1-5-31(25-33)38-9-4-16-54(38)42-12-11-40-48-27-39(56(40)50-42)37-8-2-10-41(49-37)53-21-19-52(20-22-53)34-13-17-51(18-14-34)28-30-23-32-29-55(35-7-3-15-47-26-35)44(57)43(32)36(46)24-30/h1-2,5-6,8,10-12,23-25,27,34-35,38,47H,3-4,7,9,13-22,26,28-29H2/t35?,38-/m1/s1. The molecule has 2 aromatic carbocycles. The highest BCUT2D eigenvalue weighted by atomic mass is 19.1. The molecule has 1 amide bonds. The Labute approximate surface area is 332 Å². The van der Waals surface area contributed by atoms with E-state index >= 15 is 4.39 Å². The van der Waals surface area contributed by atoms with Crippen LogP contribution in [0.3, 0.4) is 0 Å². The summed E-state index contributed by atoms with van der Waals surface area (Å²) in [6.07, 6.45) is 8.02. The van der Waals surface area contributed by atoms with Crippen molar-refractivity contribution in [1.82, 2.24) is 39.6 Å². The van der Waals surface area contributed by atoms with Crippen molar-refractivity contribution in [2.75, 3.05) is 68.7 Å². The molecule has 5 aliphatic heterocycles. The van der Waals surface area contributed by atoms with Crippen LogP contribution < -0.4 is 15.1 Å². The Morgan fingerprint density at radius 2 is 1.65 bits per heavy atom. The summed E-state index contributed by atoms with van der Waals surface area (Å²) in [6, 6.07) is 21.5. The molecule has 10 rings (SSSR count). The number of halogens is 2. The number of benzene rings is 2. The van der Waals surface area contributed by atoms with E-state index in [1.807, 2.05) is 39.9 Å². The number of anilines is 2. The van der Waals surface area contributed by atoms with Crippen LogP contribution in [-0.4, -0.2) is 111 Å². The first-order valence-corrected chi connectivity index (χ1v) is 20.8. The molecule has 0 radical (unpaired) electrons. The number of hydrogen-bond donors (Lipinski definition) is 1. The highest BCUT2D eigenvalue weighted by Gasteiger charge is 2.36. The molecule has 8 heterocycles. The van der Waals surface area contributed by atoms with Crippen molar-refractivity contribution in [3.63, 3.8) is 0 Å². The molecule has 1 N–H and O–H groups in total. The predicted octanol–water partition coefficient (Wildman–Crippen LogP) is 5.91. The first kappa shape index (κ1) is 36.4. The molecule has 3 aromatic heterocycles. The van der Waals surface area contributed by atoms with Crippen molar-refractivity contribution in [2.45, 2.75) is 69.7 Å². The number of likely N-dealkylation sites (tertiary alicyclic amines) is 1. The Bertz CT molecular complexity index is 2260. The van der Waals surface area contributed by atoms with E-state index in [4.69, 9.17) is 10.1 Å². The van der Waals surface area contributed by atoms with Crippen LogP contribution in [-0.2, 0) is 13.1 Å². The summed E-state index contributed by atoms with van der Waals surface area (Å²) in [5.74, 6) is 1.07. The molecule has 11 nitrogen and oxygen atoms in total. The number of rotatable bonds is 8. The van der Waals surface area contributed by atoms with Gasteiger partial charge in [-0.25, -0.2) is 23.3 Å². The van der Waals surface area contributed by atoms with Gasteiger partial charge >= 0.3 is 0 Å². The van der Waals surface area contributed by atoms with Crippen molar-refractivity contribution in [2.24, 2.45) is 0 Å². The second-order valence-electron chi connectivity index (χ2n) is 16.5. The summed E-state index contributed by atoms with van der Waals surface area (Å²) in [5.41, 5.74) is 5.49. The largest absolute Gasteiger partial charge is 0.354 e. The molecular formula is C44H50F2N10O. The summed E-state index contributed by atoms with van der Waals surface area (Å²) >= 11 is 0. The van der Waals surface area contributed by atoms with Gasteiger partial charge in [0.1, 0.15) is 29.0 Å². The molecule has 4 saturated heterocycles. The number of piperidine rings is 2. The van der Waals surface area contributed by atoms with Gasteiger partial charge in [0.15, 0.2) is 5.65 Å². The van der Waals surface area contributed by atoms with Crippen LogP contribution >= 0.6 is 0 Å². The number of fused-ring (bicyclic) bond motifs is 2. The molecule has 1 unspecified atom stereocenters. The molecule has 0 bridgehead atoms. The molecule has 5 aromatic rings. The van der Waals surface area contributed by atoms with Crippen molar-refractivity contribution in [1.29, 1.82) is 0 Å². The highest BCUT2D eigenvalue weighted by Crippen LogP contribution is 2.36. The molecule has 5 aliphatic rings. The van der Waals surface area contributed by atoms with Gasteiger partial charge in [0.25, 0.3) is 5.91 Å². The zero-order valence-corrected chi connectivity index (χ0v) is 32.4. The first-order chi connectivity index (χ1) is 27.9. The maximum absolute atomic E-state index is 15.3. The summed E-state index contributed by atoms with van der Waals surface area (Å²) in [6.45, 7) is 9.58. The number of nitrogens with zero attached hydrogens (tertiary/aromatic N) is 9. The summed E-state index contributed by atoms with van der Waals surface area (Å²) in [4.78, 5) is 34.5. The minimum Gasteiger partial charge on any atom is -0.354 e. The molecule has 296 valence electrons. The van der Waals surface area contributed by atoms with Crippen LogP contribution in [0.5, 0.6) is 0 Å². The van der Waals surface area contributed by atoms with Gasteiger partial charge in [-0.2, -0.15) is 0 Å². The summed E-state index contributed by atoms with van der Waals surface area (Å²) < 4.78 is 31.3. The number of imidazole rings is 1. The number of amides is 1. The number of pyridine rings is 1. The molecular weight excluding hydrogens is 723 g/mol. The van der Waals surface area contributed by atoms with Gasteiger partial charge in [-0.15, -0.1) is 5.10 Å². The second-order valence-corrected chi connectivity index (χ2v) is 16.5. The fourth-order valence-electron chi connectivity index (χ4n) is 10.0. The van der Waals surface area contributed by atoms with Gasteiger partial charge in [-0.05, 0) is 117 Å². The van der Waals surface area contributed by atoms with Gasteiger partial charge in [0.05, 0.1) is 23.5 Å². The zero-order chi connectivity index (χ0) is 38.5. The van der Waals surface area contributed by atoms with Crippen molar-refractivity contribution in [3.05, 3.63) is 107 Å². The maximum atomic E-state index is 15.3. The smallest absolute Gasteiger partial charge is 0.257 e. The number of nitrogens with one attached hydrogen (secondary N) is 1. The number of hydrogen-bond acceptors (Lipinski definition) is 9. The summed E-state index contributed by atoms with van der Waals surface area (Å²) in [7, 11) is 0. The van der Waals surface area contributed by atoms with Crippen LogP contribution in [0.1, 0.15) is 71.6 Å². The lowest BCUT2D eigenvalue weighted by atomic mass is 10.0. The van der Waals surface area contributed by atoms with Crippen LogP contribution in [0, 0.1) is 11.6 Å². The lowest BCUT2D eigenvalue weighted by Crippen LogP contribution is -2.53. The van der Waals surface area contributed by atoms with E-state index in [0.29, 0.717) is 19.1 Å². The predicted molar refractivity (Wildman–Crippen MR) is 216 cm³/mol. The van der Waals surface area contributed by atoms with Gasteiger partial charge in [0, 0.05) is 64.4 Å². The lowest BCUT2D eigenvalue weighted by molar-refractivity contribution is 0.0671. The SMILES string of the molecule is O=C1c2c(F)cc(CN3CCC(N4CCN(c5cccc(-c6cnc7ccc(N8CCC[C@@H]8c8cccc(F)c8)nn67)n5)CC4)CC3)cc2CN1C1CCCNC1. The third-order valence-corrected chi connectivity index (χ3v) is 13.0.